The van der Waals surface area contributed by atoms with E-state index in [1.54, 1.807) is 12.1 Å². The quantitative estimate of drug-likeness (QED) is 0.572. The Bertz CT molecular complexity index is 505. The van der Waals surface area contributed by atoms with E-state index in [1.165, 1.54) is 0 Å². The number of nitrogens with two attached hydrogens (primary N) is 1. The molecule has 0 aliphatic carbocycles. The molecular weight excluding hydrogens is 318 g/mol. The number of carbonyl (C=O) groups is 2. The molecule has 4 N–H and O–H groups in total. The van der Waals surface area contributed by atoms with Crippen LogP contribution in [0, 0.1) is 6.92 Å². The van der Waals surface area contributed by atoms with Crippen molar-refractivity contribution < 1.29 is 9.59 Å². The van der Waals surface area contributed by atoms with Gasteiger partial charge in [-0.05, 0) is 24.6 Å². The Morgan fingerprint density at radius 3 is 2.61 bits per heavy atom. The third kappa shape index (κ3) is 4.42. The van der Waals surface area contributed by atoms with Crippen LogP contribution in [0.3, 0.4) is 0 Å². The third-order valence-corrected chi connectivity index (χ3v) is 3.06. The molecule has 18 heavy (non-hydrogen) atoms. The van der Waals surface area contributed by atoms with Crippen LogP contribution in [0.5, 0.6) is 0 Å². The number of amides is 2. The molecule has 96 valence electrons. The van der Waals surface area contributed by atoms with Crippen LogP contribution < -0.4 is 16.4 Å². The van der Waals surface area contributed by atoms with Gasteiger partial charge < -0.3 is 16.4 Å². The average molecular weight is 330 g/mol. The molecule has 0 atom stereocenters. The molecule has 7 heteroatoms. The highest BCUT2D eigenvalue weighted by Gasteiger charge is 2.13. The van der Waals surface area contributed by atoms with E-state index >= 15 is 0 Å². The van der Waals surface area contributed by atoms with Crippen molar-refractivity contribution in [2.45, 2.75) is 6.92 Å². The number of carbonyl (C=O) groups excluding carboxylic acids is 2. The summed E-state index contributed by atoms with van der Waals surface area (Å²) >= 11 is 7.92. The van der Waals surface area contributed by atoms with Gasteiger partial charge in [0.1, 0.15) is 0 Å². The summed E-state index contributed by atoms with van der Waals surface area (Å²) in [6, 6.07) is 5.25. The minimum Gasteiger partial charge on any atom is -0.392 e. The summed E-state index contributed by atoms with van der Waals surface area (Å²) in [4.78, 5) is 23.0. The van der Waals surface area contributed by atoms with Crippen LogP contribution in [0.4, 0.5) is 5.69 Å². The van der Waals surface area contributed by atoms with Gasteiger partial charge >= 0.3 is 11.8 Å². The molecule has 5 nitrogen and oxygen atoms in total. The van der Waals surface area contributed by atoms with Gasteiger partial charge in [-0.2, -0.15) is 0 Å². The van der Waals surface area contributed by atoms with Crippen molar-refractivity contribution in [3.63, 3.8) is 0 Å². The first kappa shape index (κ1) is 14.6. The molecule has 0 saturated carbocycles. The van der Waals surface area contributed by atoms with E-state index in [4.69, 9.17) is 5.73 Å². The van der Waals surface area contributed by atoms with Gasteiger partial charge in [0.25, 0.3) is 0 Å². The molecule has 0 spiro atoms. The molecular formula is C11H12BrN3O2S. The number of hydrogen-bond acceptors (Lipinski definition) is 3. The number of rotatable bonds is 3. The minimum absolute atomic E-state index is 0.000815. The summed E-state index contributed by atoms with van der Waals surface area (Å²) in [5, 5.41) is 4.77. The van der Waals surface area contributed by atoms with Gasteiger partial charge in [0.2, 0.25) is 0 Å². The number of halogens is 1. The third-order valence-electron chi connectivity index (χ3n) is 2.06. The lowest BCUT2D eigenvalue weighted by Crippen LogP contribution is -2.39. The van der Waals surface area contributed by atoms with Crippen molar-refractivity contribution in [1.29, 1.82) is 0 Å². The number of benzene rings is 1. The molecule has 0 aliphatic heterocycles. The number of hydrogen-bond donors (Lipinski definition) is 3. The maximum Gasteiger partial charge on any atom is 0.313 e. The number of aryl methyl sites for hydroxylation is 1. The normalized spacial score (nSPS) is 9.67. The fourth-order valence-electron chi connectivity index (χ4n) is 1.11. The smallest absolute Gasteiger partial charge is 0.313 e. The molecule has 0 bridgehead atoms. The largest absolute Gasteiger partial charge is 0.392 e. The van der Waals surface area contributed by atoms with Gasteiger partial charge in [0.15, 0.2) is 0 Å². The van der Waals surface area contributed by atoms with E-state index in [-0.39, 0.29) is 11.5 Å². The molecule has 1 aromatic carbocycles. The van der Waals surface area contributed by atoms with Crippen molar-refractivity contribution in [2.24, 2.45) is 5.73 Å². The standard InChI is InChI=1S/C11H12BrN3O2S/c1-6-2-3-7(4-8(6)12)15-11(17)10(16)14-5-9(13)18/h2-4H,5H2,1H3,(H2,13,18)(H,14,16)(H,15,17). The maximum atomic E-state index is 11.5. The Morgan fingerprint density at radius 2 is 2.06 bits per heavy atom. The molecule has 0 aromatic heterocycles. The fourth-order valence-corrected chi connectivity index (χ4v) is 1.56. The lowest BCUT2D eigenvalue weighted by atomic mass is 10.2. The zero-order chi connectivity index (χ0) is 13.7. The van der Waals surface area contributed by atoms with E-state index in [9.17, 15) is 9.59 Å². The number of anilines is 1. The average Bonchev–Trinajstić information content (AvgIpc) is 2.30. The van der Waals surface area contributed by atoms with E-state index in [2.05, 4.69) is 38.8 Å². The molecule has 0 radical (unpaired) electrons. The topological polar surface area (TPSA) is 84.2 Å². The molecule has 0 unspecified atom stereocenters. The SMILES string of the molecule is Cc1ccc(NC(=O)C(=O)NCC(N)=S)cc1Br. The first-order valence-electron chi connectivity index (χ1n) is 5.04. The van der Waals surface area contributed by atoms with Gasteiger partial charge in [-0.3, -0.25) is 9.59 Å². The van der Waals surface area contributed by atoms with Gasteiger partial charge in [0, 0.05) is 10.2 Å². The summed E-state index contributed by atoms with van der Waals surface area (Å²) < 4.78 is 0.851. The Labute approximate surface area is 118 Å². The monoisotopic (exact) mass is 329 g/mol. The summed E-state index contributed by atoms with van der Waals surface area (Å²) in [6.45, 7) is 1.92. The maximum absolute atomic E-state index is 11.5. The Balaban J connectivity index is 2.61. The van der Waals surface area contributed by atoms with Crippen molar-refractivity contribution >= 4 is 50.6 Å². The zero-order valence-corrected chi connectivity index (χ0v) is 12.0. The van der Waals surface area contributed by atoms with Gasteiger partial charge in [0.05, 0.1) is 11.5 Å². The van der Waals surface area contributed by atoms with Crippen LogP contribution >= 0.6 is 28.1 Å². The molecule has 2 amide bonds. The first-order chi connectivity index (χ1) is 8.40. The van der Waals surface area contributed by atoms with Crippen LogP contribution in [-0.4, -0.2) is 23.3 Å². The first-order valence-corrected chi connectivity index (χ1v) is 6.24. The van der Waals surface area contributed by atoms with Crippen LogP contribution in [0.25, 0.3) is 0 Å². The highest BCUT2D eigenvalue weighted by atomic mass is 79.9. The second-order valence-corrected chi connectivity index (χ2v) is 4.95. The van der Waals surface area contributed by atoms with E-state index in [0.29, 0.717) is 5.69 Å². The second kappa shape index (κ2) is 6.46. The predicted molar refractivity (Wildman–Crippen MR) is 77.3 cm³/mol. The predicted octanol–water partition coefficient (Wildman–Crippen LogP) is 1.10. The van der Waals surface area contributed by atoms with Crippen molar-refractivity contribution in [3.8, 4) is 0 Å². The van der Waals surface area contributed by atoms with E-state index < -0.39 is 11.8 Å². The lowest BCUT2D eigenvalue weighted by Gasteiger charge is -2.07. The Kier molecular flexibility index (Phi) is 5.24. The number of thiocarbonyl (C=S) groups is 1. The minimum atomic E-state index is -0.778. The van der Waals surface area contributed by atoms with Gasteiger partial charge in [-0.15, -0.1) is 0 Å². The summed E-state index contributed by atoms with van der Waals surface area (Å²) in [7, 11) is 0. The summed E-state index contributed by atoms with van der Waals surface area (Å²) in [5.74, 6) is -1.54. The molecule has 0 heterocycles. The highest BCUT2D eigenvalue weighted by molar-refractivity contribution is 9.10. The fraction of sp³-hybridized carbons (Fsp3) is 0.182. The Morgan fingerprint density at radius 1 is 1.39 bits per heavy atom. The Hall–Kier alpha value is -1.47. The summed E-state index contributed by atoms with van der Waals surface area (Å²) in [5.41, 5.74) is 6.77. The molecule has 0 aliphatic rings. The zero-order valence-electron chi connectivity index (χ0n) is 9.62. The molecule has 0 fully saturated rings. The number of nitrogens with one attached hydrogen (secondary N) is 2. The molecule has 1 aromatic rings. The van der Waals surface area contributed by atoms with E-state index in [1.807, 2.05) is 13.0 Å². The van der Waals surface area contributed by atoms with Crippen LogP contribution in [0.15, 0.2) is 22.7 Å². The van der Waals surface area contributed by atoms with Gasteiger partial charge in [-0.25, -0.2) is 0 Å². The van der Waals surface area contributed by atoms with Crippen molar-refractivity contribution in [2.75, 3.05) is 11.9 Å². The summed E-state index contributed by atoms with van der Waals surface area (Å²) in [6.07, 6.45) is 0. The second-order valence-electron chi connectivity index (χ2n) is 3.57. The van der Waals surface area contributed by atoms with Crippen LogP contribution in [0.2, 0.25) is 0 Å². The lowest BCUT2D eigenvalue weighted by molar-refractivity contribution is -0.135. The highest BCUT2D eigenvalue weighted by Crippen LogP contribution is 2.20. The molecule has 0 saturated heterocycles. The van der Waals surface area contributed by atoms with Crippen molar-refractivity contribution in [1.82, 2.24) is 5.32 Å². The van der Waals surface area contributed by atoms with Crippen LogP contribution in [0.1, 0.15) is 5.56 Å². The molecule has 1 rings (SSSR count). The van der Waals surface area contributed by atoms with Gasteiger partial charge in [-0.1, -0.05) is 34.2 Å². The van der Waals surface area contributed by atoms with Crippen molar-refractivity contribution in [3.05, 3.63) is 28.2 Å². The van der Waals surface area contributed by atoms with Crippen LogP contribution in [-0.2, 0) is 9.59 Å². The van der Waals surface area contributed by atoms with E-state index in [0.717, 1.165) is 10.0 Å².